The second kappa shape index (κ2) is 9.56. The van der Waals surface area contributed by atoms with E-state index in [9.17, 15) is 14.0 Å². The third-order valence-corrected chi connectivity index (χ3v) is 3.96. The predicted molar refractivity (Wildman–Crippen MR) is 98.6 cm³/mol. The lowest BCUT2D eigenvalue weighted by Crippen LogP contribution is -2.38. The number of nitrogens with zero attached hydrogens (tertiary/aromatic N) is 1. The number of aryl methyl sites for hydroxylation is 1. The van der Waals surface area contributed by atoms with Gasteiger partial charge in [0.15, 0.2) is 0 Å². The molecule has 0 aliphatic carbocycles. The number of amides is 2. The number of anilines is 1. The molecular formula is C20H23FN2O3. The lowest BCUT2D eigenvalue weighted by atomic mass is 10.1. The summed E-state index contributed by atoms with van der Waals surface area (Å²) in [4.78, 5) is 26.1. The van der Waals surface area contributed by atoms with Gasteiger partial charge in [0.1, 0.15) is 11.6 Å². The van der Waals surface area contributed by atoms with Crippen LogP contribution in [0.4, 0.5) is 10.1 Å². The van der Waals surface area contributed by atoms with Crippen LogP contribution in [-0.4, -0.2) is 36.9 Å². The van der Waals surface area contributed by atoms with E-state index in [1.54, 1.807) is 43.5 Å². The van der Waals surface area contributed by atoms with Gasteiger partial charge in [-0.1, -0.05) is 18.2 Å². The quantitative estimate of drug-likeness (QED) is 0.788. The zero-order chi connectivity index (χ0) is 18.9. The molecule has 0 radical (unpaired) electrons. The number of carbonyl (C=O) groups is 2. The fourth-order valence-corrected chi connectivity index (χ4v) is 2.51. The molecule has 2 aromatic carbocycles. The van der Waals surface area contributed by atoms with Crippen molar-refractivity contribution in [2.45, 2.75) is 19.8 Å². The molecule has 0 atom stereocenters. The fourth-order valence-electron chi connectivity index (χ4n) is 2.51. The van der Waals surface area contributed by atoms with E-state index in [0.717, 1.165) is 5.56 Å². The third-order valence-electron chi connectivity index (χ3n) is 3.96. The Balaban J connectivity index is 1.87. The monoisotopic (exact) mass is 358 g/mol. The summed E-state index contributed by atoms with van der Waals surface area (Å²) in [5, 5.41) is 2.76. The van der Waals surface area contributed by atoms with Crippen LogP contribution in [-0.2, 0) is 16.0 Å². The maximum Gasteiger partial charge on any atom is 0.243 e. The highest BCUT2D eigenvalue weighted by Gasteiger charge is 2.15. The van der Waals surface area contributed by atoms with Crippen LogP contribution in [0, 0.1) is 5.82 Å². The maximum atomic E-state index is 12.9. The molecule has 2 rings (SSSR count). The Morgan fingerprint density at radius 1 is 1.15 bits per heavy atom. The number of hydrogen-bond donors (Lipinski definition) is 1. The van der Waals surface area contributed by atoms with Crippen molar-refractivity contribution in [3.8, 4) is 5.75 Å². The van der Waals surface area contributed by atoms with E-state index in [-0.39, 0.29) is 30.6 Å². The highest BCUT2D eigenvalue weighted by atomic mass is 19.1. The minimum Gasteiger partial charge on any atom is -0.497 e. The standard InChI is InChI=1S/C20H23FN2O3/c1-3-23(20(25)12-9-15-7-10-16(21)11-8-15)14-19(24)22-17-5-4-6-18(13-17)26-2/h4-8,10-11,13H,3,9,12,14H2,1-2H3,(H,22,24). The number of benzene rings is 2. The number of methoxy groups -OCH3 is 1. The van der Waals surface area contributed by atoms with Crippen LogP contribution in [0.3, 0.4) is 0 Å². The van der Waals surface area contributed by atoms with Gasteiger partial charge in [-0.05, 0) is 43.2 Å². The number of carbonyl (C=O) groups excluding carboxylic acids is 2. The van der Waals surface area contributed by atoms with Gasteiger partial charge in [-0.3, -0.25) is 9.59 Å². The largest absolute Gasteiger partial charge is 0.497 e. The number of nitrogens with one attached hydrogen (secondary N) is 1. The van der Waals surface area contributed by atoms with Gasteiger partial charge in [0, 0.05) is 24.7 Å². The molecule has 6 heteroatoms. The van der Waals surface area contributed by atoms with Crippen molar-refractivity contribution in [2.24, 2.45) is 0 Å². The van der Waals surface area contributed by atoms with Gasteiger partial charge >= 0.3 is 0 Å². The summed E-state index contributed by atoms with van der Waals surface area (Å²) in [6.45, 7) is 2.25. The van der Waals surface area contributed by atoms with Crippen molar-refractivity contribution in [1.82, 2.24) is 4.90 Å². The van der Waals surface area contributed by atoms with Crippen LogP contribution in [0.5, 0.6) is 5.75 Å². The molecule has 138 valence electrons. The Morgan fingerprint density at radius 3 is 2.54 bits per heavy atom. The van der Waals surface area contributed by atoms with E-state index in [2.05, 4.69) is 5.32 Å². The first kappa shape index (κ1) is 19.4. The lowest BCUT2D eigenvalue weighted by molar-refractivity contribution is -0.134. The fraction of sp³-hybridized carbons (Fsp3) is 0.300. The van der Waals surface area contributed by atoms with Gasteiger partial charge in [0.05, 0.1) is 13.7 Å². The molecule has 0 spiro atoms. The maximum absolute atomic E-state index is 12.9. The molecule has 0 aliphatic rings. The highest BCUT2D eigenvalue weighted by molar-refractivity contribution is 5.94. The first-order chi connectivity index (χ1) is 12.5. The predicted octanol–water partition coefficient (Wildman–Crippen LogP) is 3.25. The molecule has 0 bridgehead atoms. The number of likely N-dealkylation sites (N-methyl/N-ethyl adjacent to an activating group) is 1. The minimum absolute atomic E-state index is 0.0179. The van der Waals surface area contributed by atoms with E-state index in [4.69, 9.17) is 4.74 Å². The zero-order valence-corrected chi connectivity index (χ0v) is 15.0. The summed E-state index contributed by atoms with van der Waals surface area (Å²) in [7, 11) is 1.56. The van der Waals surface area contributed by atoms with Crippen molar-refractivity contribution in [1.29, 1.82) is 0 Å². The number of halogens is 1. The van der Waals surface area contributed by atoms with Gasteiger partial charge in [-0.2, -0.15) is 0 Å². The van der Waals surface area contributed by atoms with E-state index >= 15 is 0 Å². The number of rotatable bonds is 8. The van der Waals surface area contributed by atoms with Crippen molar-refractivity contribution in [3.05, 3.63) is 59.9 Å². The minimum atomic E-state index is -0.301. The summed E-state index contributed by atoms with van der Waals surface area (Å²) >= 11 is 0. The molecule has 26 heavy (non-hydrogen) atoms. The average Bonchev–Trinajstić information content (AvgIpc) is 2.65. The molecule has 0 saturated heterocycles. The van der Waals surface area contributed by atoms with Gasteiger partial charge < -0.3 is 15.0 Å². The molecule has 0 heterocycles. The lowest BCUT2D eigenvalue weighted by Gasteiger charge is -2.20. The molecule has 0 aromatic heterocycles. The van der Waals surface area contributed by atoms with Crippen molar-refractivity contribution < 1.29 is 18.7 Å². The SMILES string of the molecule is CCN(CC(=O)Nc1cccc(OC)c1)C(=O)CCc1ccc(F)cc1. The summed E-state index contributed by atoms with van der Waals surface area (Å²) in [6, 6.07) is 13.1. The molecule has 2 aromatic rings. The van der Waals surface area contributed by atoms with Crippen LogP contribution in [0.2, 0.25) is 0 Å². The molecule has 2 amide bonds. The van der Waals surface area contributed by atoms with E-state index in [1.165, 1.54) is 17.0 Å². The highest BCUT2D eigenvalue weighted by Crippen LogP contribution is 2.16. The second-order valence-electron chi connectivity index (χ2n) is 5.81. The van der Waals surface area contributed by atoms with Crippen LogP contribution in [0.1, 0.15) is 18.9 Å². The van der Waals surface area contributed by atoms with Crippen molar-refractivity contribution in [2.75, 3.05) is 25.5 Å². The first-order valence-electron chi connectivity index (χ1n) is 8.48. The van der Waals surface area contributed by atoms with Crippen LogP contribution in [0.15, 0.2) is 48.5 Å². The van der Waals surface area contributed by atoms with Crippen LogP contribution >= 0.6 is 0 Å². The topological polar surface area (TPSA) is 58.6 Å². The average molecular weight is 358 g/mol. The van der Waals surface area contributed by atoms with Crippen LogP contribution < -0.4 is 10.1 Å². The first-order valence-corrected chi connectivity index (χ1v) is 8.48. The molecule has 0 saturated carbocycles. The smallest absolute Gasteiger partial charge is 0.243 e. The molecule has 0 aliphatic heterocycles. The van der Waals surface area contributed by atoms with Gasteiger partial charge in [-0.15, -0.1) is 0 Å². The third kappa shape index (κ3) is 5.88. The summed E-state index contributed by atoms with van der Waals surface area (Å²) in [6.07, 6.45) is 0.777. The van der Waals surface area contributed by atoms with Crippen molar-refractivity contribution >= 4 is 17.5 Å². The molecule has 1 N–H and O–H groups in total. The number of ether oxygens (including phenoxy) is 1. The Bertz CT molecular complexity index is 747. The van der Waals surface area contributed by atoms with Gasteiger partial charge in [0.25, 0.3) is 0 Å². The number of hydrogen-bond acceptors (Lipinski definition) is 3. The Labute approximate surface area is 152 Å². The second-order valence-corrected chi connectivity index (χ2v) is 5.81. The molecule has 0 unspecified atom stereocenters. The summed E-state index contributed by atoms with van der Waals surface area (Å²) < 4.78 is 18.0. The normalized spacial score (nSPS) is 10.3. The van der Waals surface area contributed by atoms with E-state index < -0.39 is 0 Å². The molecular weight excluding hydrogens is 335 g/mol. The molecule has 5 nitrogen and oxygen atoms in total. The Kier molecular flexibility index (Phi) is 7.14. The van der Waals surface area contributed by atoms with E-state index in [0.29, 0.717) is 24.4 Å². The van der Waals surface area contributed by atoms with Crippen molar-refractivity contribution in [3.63, 3.8) is 0 Å². The van der Waals surface area contributed by atoms with Gasteiger partial charge in [0.2, 0.25) is 11.8 Å². The Hall–Kier alpha value is -2.89. The zero-order valence-electron chi connectivity index (χ0n) is 15.0. The molecule has 0 fully saturated rings. The van der Waals surface area contributed by atoms with E-state index in [1.807, 2.05) is 6.92 Å². The summed E-state index contributed by atoms with van der Waals surface area (Å²) in [5.74, 6) is -0.0390. The van der Waals surface area contributed by atoms with Crippen LogP contribution in [0.25, 0.3) is 0 Å². The van der Waals surface area contributed by atoms with Gasteiger partial charge in [-0.25, -0.2) is 4.39 Å². The summed E-state index contributed by atoms with van der Waals surface area (Å²) in [5.41, 5.74) is 1.50. The Morgan fingerprint density at radius 2 is 1.88 bits per heavy atom.